The number of Topliss-reactive ketones (excluding diaryl/α,β-unsaturated/α-hetero) is 1. The van der Waals surface area contributed by atoms with Gasteiger partial charge in [-0.15, -0.1) is 11.8 Å². The van der Waals surface area contributed by atoms with E-state index in [4.69, 9.17) is 19.9 Å². The number of amides is 1. The van der Waals surface area contributed by atoms with Crippen LogP contribution in [0.15, 0.2) is 23.1 Å². The first-order chi connectivity index (χ1) is 18.2. The summed E-state index contributed by atoms with van der Waals surface area (Å²) in [6.45, 7) is 5.92. The lowest BCUT2D eigenvalue weighted by atomic mass is 9.82. The van der Waals surface area contributed by atoms with E-state index in [1.807, 2.05) is 0 Å². The van der Waals surface area contributed by atoms with Gasteiger partial charge in [-0.2, -0.15) is 0 Å². The lowest BCUT2D eigenvalue weighted by Gasteiger charge is -2.34. The maximum Gasteiger partial charge on any atom is 0.336 e. The highest BCUT2D eigenvalue weighted by Gasteiger charge is 2.51. The van der Waals surface area contributed by atoms with Crippen LogP contribution in [-0.4, -0.2) is 73.3 Å². The van der Waals surface area contributed by atoms with Crippen LogP contribution in [0.5, 0.6) is 0 Å². The number of anilines is 1. The van der Waals surface area contributed by atoms with Crippen molar-refractivity contribution in [1.29, 1.82) is 0 Å². The number of nitrogens with one attached hydrogen (secondary N) is 2. The Morgan fingerprint density at radius 3 is 2.34 bits per heavy atom. The molecule has 0 bridgehead atoms. The molecular weight excluding hydrogens is 514 g/mol. The Labute approximate surface area is 226 Å². The zero-order chi connectivity index (χ0) is 28.1. The normalized spacial score (nSPS) is 14.6. The van der Waals surface area contributed by atoms with Gasteiger partial charge >= 0.3 is 17.9 Å². The number of fused-ring (bicyclic) bond motifs is 1. The quantitative estimate of drug-likeness (QED) is 0.127. The van der Waals surface area contributed by atoms with Crippen molar-refractivity contribution in [2.75, 3.05) is 37.4 Å². The molecule has 1 amide bonds. The highest BCUT2D eigenvalue weighted by atomic mass is 32.2. The van der Waals surface area contributed by atoms with Crippen molar-refractivity contribution in [3.63, 3.8) is 0 Å². The first-order valence-corrected chi connectivity index (χ1v) is 13.8. The highest BCUT2D eigenvalue weighted by Crippen LogP contribution is 2.31. The first kappa shape index (κ1) is 31.1. The first-order valence-electron chi connectivity index (χ1n) is 12.8. The van der Waals surface area contributed by atoms with Crippen molar-refractivity contribution in [3.8, 4) is 0 Å². The molecule has 1 heterocycles. The van der Waals surface area contributed by atoms with Gasteiger partial charge in [0.2, 0.25) is 0 Å². The molecule has 11 nitrogen and oxygen atoms in total. The molecule has 0 radical (unpaired) electrons. The fourth-order valence-electron chi connectivity index (χ4n) is 3.93. The van der Waals surface area contributed by atoms with E-state index in [0.29, 0.717) is 6.42 Å². The third-order valence-electron chi connectivity index (χ3n) is 5.86. The number of unbranched alkanes of at least 4 members (excludes halogenated alkanes) is 1. The second-order valence-electron chi connectivity index (χ2n) is 8.55. The summed E-state index contributed by atoms with van der Waals surface area (Å²) < 4.78 is 15.0. The number of esters is 3. The van der Waals surface area contributed by atoms with Crippen LogP contribution in [0, 0.1) is 0 Å². The predicted molar refractivity (Wildman–Crippen MR) is 142 cm³/mol. The molecule has 0 saturated carbocycles. The fraction of sp³-hybridized carbons (Fsp3) is 0.577. The summed E-state index contributed by atoms with van der Waals surface area (Å²) in [5.74, 6) is -2.69. The van der Waals surface area contributed by atoms with Crippen molar-refractivity contribution in [2.45, 2.75) is 69.4 Å². The molecule has 0 fully saturated rings. The molecule has 2 unspecified atom stereocenters. The van der Waals surface area contributed by atoms with Crippen LogP contribution in [-0.2, 0) is 33.4 Å². The van der Waals surface area contributed by atoms with Gasteiger partial charge in [0.15, 0.2) is 11.3 Å². The summed E-state index contributed by atoms with van der Waals surface area (Å²) in [4.78, 5) is 64.7. The average Bonchev–Trinajstić information content (AvgIpc) is 2.90. The summed E-state index contributed by atoms with van der Waals surface area (Å²) in [7, 11) is 0. The Kier molecular flexibility index (Phi) is 12.5. The molecule has 12 heteroatoms. The average molecular weight is 552 g/mol. The molecule has 1 aliphatic rings. The van der Waals surface area contributed by atoms with E-state index in [1.54, 1.807) is 50.7 Å². The topological polar surface area (TPSA) is 163 Å². The summed E-state index contributed by atoms with van der Waals surface area (Å²) in [6.07, 6.45) is -0.0214. The third-order valence-corrected chi connectivity index (χ3v) is 6.92. The number of rotatable bonds is 15. The van der Waals surface area contributed by atoms with Crippen LogP contribution in [0.4, 0.5) is 5.69 Å². The molecule has 2 atom stereocenters. The van der Waals surface area contributed by atoms with Crippen LogP contribution < -0.4 is 16.4 Å². The minimum atomic E-state index is -2.35. The number of hydrogen-bond donors (Lipinski definition) is 3. The predicted octanol–water partition coefficient (Wildman–Crippen LogP) is 2.21. The Bertz CT molecular complexity index is 1020. The van der Waals surface area contributed by atoms with E-state index in [0.717, 1.165) is 22.9 Å². The maximum absolute atomic E-state index is 13.4. The van der Waals surface area contributed by atoms with Crippen molar-refractivity contribution in [3.05, 3.63) is 23.8 Å². The van der Waals surface area contributed by atoms with Crippen LogP contribution >= 0.6 is 11.8 Å². The van der Waals surface area contributed by atoms with E-state index < -0.39 is 47.6 Å². The van der Waals surface area contributed by atoms with Gasteiger partial charge in [0.1, 0.15) is 0 Å². The van der Waals surface area contributed by atoms with Gasteiger partial charge in [-0.05, 0) is 51.8 Å². The van der Waals surface area contributed by atoms with Gasteiger partial charge in [-0.25, -0.2) is 4.79 Å². The molecule has 1 aromatic carbocycles. The zero-order valence-electron chi connectivity index (χ0n) is 22.1. The van der Waals surface area contributed by atoms with Gasteiger partial charge in [-0.1, -0.05) is 0 Å². The minimum absolute atomic E-state index is 0.0628. The second kappa shape index (κ2) is 15.3. The number of benzene rings is 1. The Morgan fingerprint density at radius 2 is 1.66 bits per heavy atom. The Balaban J connectivity index is 2.30. The largest absolute Gasteiger partial charge is 0.466 e. The third kappa shape index (κ3) is 8.45. The molecule has 1 aromatic rings. The number of hydrogen-bond acceptors (Lipinski definition) is 11. The summed E-state index contributed by atoms with van der Waals surface area (Å²) >= 11 is 1.59. The molecule has 2 rings (SSSR count). The van der Waals surface area contributed by atoms with Gasteiger partial charge in [0.25, 0.3) is 5.91 Å². The van der Waals surface area contributed by atoms with Crippen LogP contribution in [0.2, 0.25) is 0 Å². The minimum Gasteiger partial charge on any atom is -0.466 e. The molecule has 0 spiro atoms. The van der Waals surface area contributed by atoms with E-state index >= 15 is 0 Å². The SMILES string of the molecule is CCOC(=O)CCCCC(=O)C(N)(C(=O)OCC)C(CC(=O)OCC)NC(=O)c1ccc2c(c1)SCCN2. The second-order valence-corrected chi connectivity index (χ2v) is 9.68. The van der Waals surface area contributed by atoms with E-state index in [2.05, 4.69) is 10.6 Å². The van der Waals surface area contributed by atoms with Crippen molar-refractivity contribution in [2.24, 2.45) is 5.73 Å². The van der Waals surface area contributed by atoms with Crippen molar-refractivity contribution < 1.29 is 38.2 Å². The molecule has 38 heavy (non-hydrogen) atoms. The molecule has 0 saturated heterocycles. The van der Waals surface area contributed by atoms with Gasteiger partial charge in [-0.3, -0.25) is 19.2 Å². The number of nitrogens with two attached hydrogens (primary N) is 1. The monoisotopic (exact) mass is 551 g/mol. The van der Waals surface area contributed by atoms with Crippen molar-refractivity contribution >= 4 is 47.0 Å². The van der Waals surface area contributed by atoms with E-state index in [1.165, 1.54) is 0 Å². The fourth-order valence-corrected chi connectivity index (χ4v) is 4.86. The smallest absolute Gasteiger partial charge is 0.336 e. The van der Waals surface area contributed by atoms with Crippen molar-refractivity contribution in [1.82, 2.24) is 5.32 Å². The zero-order valence-corrected chi connectivity index (χ0v) is 22.9. The van der Waals surface area contributed by atoms with E-state index in [9.17, 15) is 24.0 Å². The summed E-state index contributed by atoms with van der Waals surface area (Å²) in [6, 6.07) is 3.64. The number of thioether (sulfide) groups is 1. The van der Waals surface area contributed by atoms with Gasteiger partial charge < -0.3 is 30.6 Å². The summed E-state index contributed by atoms with van der Waals surface area (Å²) in [5, 5.41) is 5.87. The lowest BCUT2D eigenvalue weighted by molar-refractivity contribution is -0.156. The Morgan fingerprint density at radius 1 is 1.00 bits per heavy atom. The molecular formula is C26H37N3O8S. The summed E-state index contributed by atoms with van der Waals surface area (Å²) in [5.41, 5.74) is 5.26. The standard InChI is InChI=1S/C26H37N3O8S/c1-4-35-22(31)10-8-7-9-21(30)26(27,25(34)37-6-3)20(16-23(32)36-5-2)29-24(33)17-11-12-18-19(15-17)38-14-13-28-18/h11-12,15,20,28H,4-10,13-14,16,27H2,1-3H3,(H,29,33). The molecule has 0 aromatic heterocycles. The molecule has 4 N–H and O–H groups in total. The van der Waals surface area contributed by atoms with Crippen LogP contribution in [0.1, 0.15) is 63.2 Å². The number of carbonyl (C=O) groups excluding carboxylic acids is 5. The lowest BCUT2D eigenvalue weighted by Crippen LogP contribution is -2.68. The van der Waals surface area contributed by atoms with Gasteiger partial charge in [0.05, 0.1) is 32.3 Å². The number of ether oxygens (including phenoxy) is 3. The number of carbonyl (C=O) groups is 5. The van der Waals surface area contributed by atoms with E-state index in [-0.39, 0.29) is 44.6 Å². The molecule has 0 aliphatic carbocycles. The van der Waals surface area contributed by atoms with Crippen LogP contribution in [0.25, 0.3) is 0 Å². The molecule has 210 valence electrons. The highest BCUT2D eigenvalue weighted by molar-refractivity contribution is 7.99. The van der Waals surface area contributed by atoms with Crippen LogP contribution in [0.3, 0.4) is 0 Å². The maximum atomic E-state index is 13.4. The number of ketones is 1. The Hall–Kier alpha value is -3.12. The molecule has 1 aliphatic heterocycles. The van der Waals surface area contributed by atoms with Gasteiger partial charge in [0, 0.05) is 41.3 Å².